The molecular weight excluding hydrogens is 338 g/mol. The fraction of sp³-hybridized carbons (Fsp3) is 0.682. The zero-order valence-corrected chi connectivity index (χ0v) is 16.6. The van der Waals surface area contributed by atoms with E-state index in [9.17, 15) is 4.79 Å². The van der Waals surface area contributed by atoms with Gasteiger partial charge >= 0.3 is 0 Å². The Labute approximate surface area is 163 Å². The second kappa shape index (κ2) is 8.51. The number of nitrogens with zero attached hydrogens (tertiary/aromatic N) is 3. The second-order valence-electron chi connectivity index (χ2n) is 8.37. The number of hydrogen-bond acceptors (Lipinski definition) is 4. The number of fused-ring (bicyclic) bond motifs is 1. The molecule has 0 aromatic heterocycles. The Morgan fingerprint density at radius 2 is 1.74 bits per heavy atom. The fourth-order valence-corrected chi connectivity index (χ4v) is 5.16. The first-order chi connectivity index (χ1) is 13.2. The van der Waals surface area contributed by atoms with E-state index in [0.29, 0.717) is 12.5 Å². The van der Waals surface area contributed by atoms with Crippen LogP contribution in [0.4, 0.5) is 5.69 Å². The number of amides is 1. The molecule has 1 amide bonds. The van der Waals surface area contributed by atoms with E-state index in [1.165, 1.54) is 32.1 Å². The topological polar surface area (TPSA) is 36.0 Å². The van der Waals surface area contributed by atoms with E-state index in [2.05, 4.69) is 26.8 Å². The van der Waals surface area contributed by atoms with Crippen molar-refractivity contribution in [1.82, 2.24) is 9.80 Å². The zero-order chi connectivity index (χ0) is 18.6. The Bertz CT molecular complexity index is 642. The van der Waals surface area contributed by atoms with Crippen LogP contribution < -0.4 is 9.64 Å². The first kappa shape index (κ1) is 18.6. The number of piperidine rings is 1. The molecule has 0 bridgehead atoms. The number of piperazine rings is 1. The average Bonchev–Trinajstić information content (AvgIpc) is 2.74. The van der Waals surface area contributed by atoms with Gasteiger partial charge in [0.2, 0.25) is 5.91 Å². The van der Waals surface area contributed by atoms with Crippen LogP contribution >= 0.6 is 0 Å². The highest BCUT2D eigenvalue weighted by Crippen LogP contribution is 2.36. The molecule has 1 aromatic carbocycles. The molecule has 5 nitrogen and oxygen atoms in total. The number of hydrogen-bond donors (Lipinski definition) is 0. The molecule has 3 fully saturated rings. The van der Waals surface area contributed by atoms with Gasteiger partial charge in [0.25, 0.3) is 0 Å². The second-order valence-corrected chi connectivity index (χ2v) is 8.37. The highest BCUT2D eigenvalue weighted by molar-refractivity contribution is 5.78. The number of carbonyl (C=O) groups excluding carboxylic acids is 1. The lowest BCUT2D eigenvalue weighted by Crippen LogP contribution is -2.52. The number of para-hydroxylation sites is 2. The molecule has 2 heterocycles. The van der Waals surface area contributed by atoms with Crippen LogP contribution in [0, 0.1) is 11.8 Å². The van der Waals surface area contributed by atoms with Crippen LogP contribution in [0.3, 0.4) is 0 Å². The third-order valence-electron chi connectivity index (χ3n) is 6.80. The summed E-state index contributed by atoms with van der Waals surface area (Å²) < 4.78 is 5.50. The first-order valence-corrected chi connectivity index (χ1v) is 10.6. The molecule has 1 aromatic rings. The smallest absolute Gasteiger partial charge is 0.236 e. The molecule has 3 aliphatic rings. The van der Waals surface area contributed by atoms with Gasteiger partial charge in [0.1, 0.15) is 5.75 Å². The molecule has 0 spiro atoms. The molecular formula is C22H33N3O2. The minimum absolute atomic E-state index is 0.338. The van der Waals surface area contributed by atoms with E-state index >= 15 is 0 Å². The van der Waals surface area contributed by atoms with E-state index in [-0.39, 0.29) is 0 Å². The average molecular weight is 372 g/mol. The standard InChI is InChI=1S/C22H33N3O2/c1-27-21-9-5-4-8-20(21)24-14-12-23(13-15-24)17-22(26)25-11-10-18-6-2-3-7-19(18)16-25/h4-5,8-9,18-19H,2-3,6-7,10-17H2,1H3/t18-,19-/m1/s1. The van der Waals surface area contributed by atoms with Crippen molar-refractivity contribution in [1.29, 1.82) is 0 Å². The Morgan fingerprint density at radius 1 is 1.00 bits per heavy atom. The third kappa shape index (κ3) is 4.23. The van der Waals surface area contributed by atoms with E-state index < -0.39 is 0 Å². The van der Waals surface area contributed by atoms with Crippen LogP contribution in [0.1, 0.15) is 32.1 Å². The number of methoxy groups -OCH3 is 1. The lowest BCUT2D eigenvalue weighted by Gasteiger charge is -2.42. The number of carbonyl (C=O) groups is 1. The molecule has 148 valence electrons. The van der Waals surface area contributed by atoms with Crippen LogP contribution in [-0.2, 0) is 4.79 Å². The maximum absolute atomic E-state index is 12.8. The van der Waals surface area contributed by atoms with Crippen LogP contribution in [-0.4, -0.2) is 68.6 Å². The van der Waals surface area contributed by atoms with Crippen LogP contribution in [0.5, 0.6) is 5.75 Å². The fourth-order valence-electron chi connectivity index (χ4n) is 5.16. The van der Waals surface area contributed by atoms with Gasteiger partial charge < -0.3 is 14.5 Å². The summed E-state index contributed by atoms with van der Waals surface area (Å²) in [6.07, 6.45) is 6.68. The number of rotatable bonds is 4. The Kier molecular flexibility index (Phi) is 5.86. The molecule has 0 unspecified atom stereocenters. The van der Waals surface area contributed by atoms with Crippen molar-refractivity contribution in [2.75, 3.05) is 57.8 Å². The van der Waals surface area contributed by atoms with Crippen molar-refractivity contribution in [3.63, 3.8) is 0 Å². The monoisotopic (exact) mass is 371 g/mol. The van der Waals surface area contributed by atoms with Crippen LogP contribution in [0.15, 0.2) is 24.3 Å². The van der Waals surface area contributed by atoms with Gasteiger partial charge in [-0.15, -0.1) is 0 Å². The van der Waals surface area contributed by atoms with Gasteiger partial charge in [0, 0.05) is 39.3 Å². The van der Waals surface area contributed by atoms with E-state index in [1.54, 1.807) is 7.11 Å². The number of benzene rings is 1. The molecule has 1 saturated carbocycles. The lowest BCUT2D eigenvalue weighted by molar-refractivity contribution is -0.135. The summed E-state index contributed by atoms with van der Waals surface area (Å²) in [5, 5.41) is 0. The summed E-state index contributed by atoms with van der Waals surface area (Å²) in [5.74, 6) is 2.91. The SMILES string of the molecule is COc1ccccc1N1CCN(CC(=O)N2CC[C@H]3CCCC[C@@H]3C2)CC1. The first-order valence-electron chi connectivity index (χ1n) is 10.6. The zero-order valence-electron chi connectivity index (χ0n) is 16.6. The highest BCUT2D eigenvalue weighted by Gasteiger charge is 2.33. The Morgan fingerprint density at radius 3 is 2.52 bits per heavy atom. The van der Waals surface area contributed by atoms with Crippen molar-refractivity contribution in [2.45, 2.75) is 32.1 Å². The molecule has 2 aliphatic heterocycles. The van der Waals surface area contributed by atoms with Crippen molar-refractivity contribution >= 4 is 11.6 Å². The van der Waals surface area contributed by atoms with E-state index in [4.69, 9.17) is 4.74 Å². The summed E-state index contributed by atoms with van der Waals surface area (Å²) in [7, 11) is 1.73. The lowest BCUT2D eigenvalue weighted by atomic mass is 9.75. The summed E-state index contributed by atoms with van der Waals surface area (Å²) >= 11 is 0. The van der Waals surface area contributed by atoms with E-state index in [0.717, 1.165) is 62.5 Å². The van der Waals surface area contributed by atoms with Gasteiger partial charge in [-0.2, -0.15) is 0 Å². The van der Waals surface area contributed by atoms with Gasteiger partial charge in [0.15, 0.2) is 0 Å². The Balaban J connectivity index is 1.27. The van der Waals surface area contributed by atoms with Gasteiger partial charge in [-0.25, -0.2) is 0 Å². The molecule has 0 radical (unpaired) electrons. The Hall–Kier alpha value is -1.75. The van der Waals surface area contributed by atoms with Gasteiger partial charge in [-0.3, -0.25) is 9.69 Å². The molecule has 0 N–H and O–H groups in total. The van der Waals surface area contributed by atoms with Crippen molar-refractivity contribution < 1.29 is 9.53 Å². The van der Waals surface area contributed by atoms with Crippen molar-refractivity contribution in [2.24, 2.45) is 11.8 Å². The molecule has 2 saturated heterocycles. The largest absolute Gasteiger partial charge is 0.495 e. The predicted octanol–water partition coefficient (Wildman–Crippen LogP) is 2.86. The molecule has 4 rings (SSSR count). The summed E-state index contributed by atoms with van der Waals surface area (Å²) in [5.41, 5.74) is 1.16. The minimum Gasteiger partial charge on any atom is -0.495 e. The molecule has 5 heteroatoms. The number of likely N-dealkylation sites (tertiary alicyclic amines) is 1. The summed E-state index contributed by atoms with van der Waals surface area (Å²) in [4.78, 5) is 19.7. The number of anilines is 1. The normalized spacial score (nSPS) is 26.6. The van der Waals surface area contributed by atoms with Gasteiger partial charge in [-0.1, -0.05) is 31.4 Å². The quantitative estimate of drug-likeness (QED) is 0.815. The van der Waals surface area contributed by atoms with Gasteiger partial charge in [0.05, 0.1) is 19.3 Å². The maximum atomic E-state index is 12.8. The van der Waals surface area contributed by atoms with Gasteiger partial charge in [-0.05, 0) is 36.8 Å². The van der Waals surface area contributed by atoms with Crippen molar-refractivity contribution in [3.05, 3.63) is 24.3 Å². The number of ether oxygens (including phenoxy) is 1. The summed E-state index contributed by atoms with van der Waals surface area (Å²) in [6, 6.07) is 8.20. The maximum Gasteiger partial charge on any atom is 0.236 e. The van der Waals surface area contributed by atoms with Crippen LogP contribution in [0.2, 0.25) is 0 Å². The van der Waals surface area contributed by atoms with Crippen molar-refractivity contribution in [3.8, 4) is 5.75 Å². The molecule has 1 aliphatic carbocycles. The predicted molar refractivity (Wildman–Crippen MR) is 108 cm³/mol. The van der Waals surface area contributed by atoms with Crippen LogP contribution in [0.25, 0.3) is 0 Å². The molecule has 27 heavy (non-hydrogen) atoms. The third-order valence-corrected chi connectivity index (χ3v) is 6.80. The summed E-state index contributed by atoms with van der Waals surface area (Å²) in [6.45, 7) is 6.31. The molecule has 2 atom stereocenters. The highest BCUT2D eigenvalue weighted by atomic mass is 16.5. The minimum atomic E-state index is 0.338. The van der Waals surface area contributed by atoms with E-state index in [1.807, 2.05) is 12.1 Å².